The topological polar surface area (TPSA) is 55.1 Å². The molecule has 3 N–H and O–H groups in total. The van der Waals surface area contributed by atoms with Gasteiger partial charge in [-0.15, -0.1) is 0 Å². The molecule has 2 unspecified atom stereocenters. The van der Waals surface area contributed by atoms with E-state index in [0.717, 1.165) is 32.1 Å². The first-order valence-electron chi connectivity index (χ1n) is 7.68. The predicted octanol–water partition coefficient (Wildman–Crippen LogP) is 3.23. The van der Waals surface area contributed by atoms with Gasteiger partial charge in [0, 0.05) is 11.6 Å². The van der Waals surface area contributed by atoms with Crippen molar-refractivity contribution in [3.05, 3.63) is 0 Å². The van der Waals surface area contributed by atoms with E-state index in [0.29, 0.717) is 0 Å². The minimum absolute atomic E-state index is 0.00161. The molecule has 0 aliphatic heterocycles. The van der Waals surface area contributed by atoms with E-state index in [1.165, 1.54) is 6.42 Å². The Morgan fingerprint density at radius 1 is 1.11 bits per heavy atom. The zero-order chi connectivity index (χ0) is 14.7. The van der Waals surface area contributed by atoms with Crippen LogP contribution in [0.3, 0.4) is 0 Å². The van der Waals surface area contributed by atoms with Crippen molar-refractivity contribution in [3.63, 3.8) is 0 Å². The number of hydrogen-bond donors (Lipinski definition) is 2. The van der Waals surface area contributed by atoms with Crippen molar-refractivity contribution >= 4 is 5.91 Å². The average molecular weight is 268 g/mol. The van der Waals surface area contributed by atoms with Gasteiger partial charge in [-0.05, 0) is 38.5 Å². The molecule has 2 atom stereocenters. The summed E-state index contributed by atoms with van der Waals surface area (Å²) in [6, 6.07) is 0.0351. The number of amides is 1. The van der Waals surface area contributed by atoms with Crippen LogP contribution in [0.5, 0.6) is 0 Å². The molecule has 112 valence electrons. The number of hydrogen-bond acceptors (Lipinski definition) is 2. The van der Waals surface area contributed by atoms with Crippen LogP contribution >= 0.6 is 0 Å². The van der Waals surface area contributed by atoms with Gasteiger partial charge in [-0.3, -0.25) is 4.79 Å². The molecule has 0 heterocycles. The van der Waals surface area contributed by atoms with E-state index >= 15 is 0 Å². The number of rotatable bonds is 3. The Bertz CT molecular complexity index is 304. The zero-order valence-electron chi connectivity index (χ0n) is 13.4. The quantitative estimate of drug-likeness (QED) is 0.772. The fourth-order valence-electron chi connectivity index (χ4n) is 3.46. The Morgan fingerprint density at radius 2 is 1.68 bits per heavy atom. The molecule has 3 heteroatoms. The molecule has 0 radical (unpaired) electrons. The van der Waals surface area contributed by atoms with Crippen LogP contribution in [0.2, 0.25) is 0 Å². The molecule has 1 aliphatic carbocycles. The fraction of sp³-hybridized carbons (Fsp3) is 0.938. The van der Waals surface area contributed by atoms with Crippen LogP contribution in [0.25, 0.3) is 0 Å². The van der Waals surface area contributed by atoms with Gasteiger partial charge in [-0.2, -0.15) is 0 Å². The minimum atomic E-state index is -0.165. The number of nitrogens with one attached hydrogen (secondary N) is 1. The van der Waals surface area contributed by atoms with Crippen LogP contribution in [0.4, 0.5) is 0 Å². The summed E-state index contributed by atoms with van der Waals surface area (Å²) >= 11 is 0. The standard InChI is InChI=1S/C16H32N2O/c1-15(2,3)11-16(4,5)18-14(19)12-9-7-6-8-10-13(12)17/h12-13H,6-11,17H2,1-5H3,(H,18,19). The Balaban J connectivity index is 2.62. The van der Waals surface area contributed by atoms with Crippen LogP contribution in [0.15, 0.2) is 0 Å². The average Bonchev–Trinajstić information content (AvgIpc) is 2.37. The van der Waals surface area contributed by atoms with Gasteiger partial charge < -0.3 is 11.1 Å². The highest BCUT2D eigenvalue weighted by Gasteiger charge is 2.32. The molecule has 1 fully saturated rings. The monoisotopic (exact) mass is 268 g/mol. The van der Waals surface area contributed by atoms with Crippen molar-refractivity contribution in [2.75, 3.05) is 0 Å². The lowest BCUT2D eigenvalue weighted by atomic mass is 9.81. The molecular weight excluding hydrogens is 236 g/mol. The van der Waals surface area contributed by atoms with Crippen molar-refractivity contribution in [3.8, 4) is 0 Å². The summed E-state index contributed by atoms with van der Waals surface area (Å²) < 4.78 is 0. The van der Waals surface area contributed by atoms with Gasteiger partial charge in [0.15, 0.2) is 0 Å². The van der Waals surface area contributed by atoms with Crippen LogP contribution in [-0.4, -0.2) is 17.5 Å². The molecule has 0 saturated heterocycles. The number of carbonyl (C=O) groups excluding carboxylic acids is 1. The van der Waals surface area contributed by atoms with Gasteiger partial charge in [0.25, 0.3) is 0 Å². The molecule has 0 spiro atoms. The first-order valence-corrected chi connectivity index (χ1v) is 7.68. The normalized spacial score (nSPS) is 25.8. The maximum absolute atomic E-state index is 12.5. The van der Waals surface area contributed by atoms with E-state index in [9.17, 15) is 4.79 Å². The summed E-state index contributed by atoms with van der Waals surface area (Å²) in [5, 5.41) is 3.22. The van der Waals surface area contributed by atoms with E-state index < -0.39 is 0 Å². The third kappa shape index (κ3) is 5.94. The summed E-state index contributed by atoms with van der Waals surface area (Å²) in [5.41, 5.74) is 6.21. The summed E-state index contributed by atoms with van der Waals surface area (Å²) in [4.78, 5) is 12.5. The molecule has 0 aromatic carbocycles. The molecule has 0 bridgehead atoms. The molecule has 1 saturated carbocycles. The lowest BCUT2D eigenvalue weighted by molar-refractivity contribution is -0.127. The van der Waals surface area contributed by atoms with E-state index in [1.807, 2.05) is 0 Å². The smallest absolute Gasteiger partial charge is 0.225 e. The maximum Gasteiger partial charge on any atom is 0.225 e. The van der Waals surface area contributed by atoms with E-state index in [-0.39, 0.29) is 28.8 Å². The van der Waals surface area contributed by atoms with Crippen LogP contribution < -0.4 is 11.1 Å². The van der Waals surface area contributed by atoms with E-state index in [2.05, 4.69) is 39.9 Å². The van der Waals surface area contributed by atoms with Crippen molar-refractivity contribution < 1.29 is 4.79 Å². The molecule has 1 aliphatic rings. The second kappa shape index (κ2) is 6.25. The summed E-state index contributed by atoms with van der Waals surface area (Å²) in [6.07, 6.45) is 6.40. The molecule has 0 aromatic rings. The lowest BCUT2D eigenvalue weighted by Crippen LogP contribution is -2.51. The first kappa shape index (κ1) is 16.5. The Kier molecular flexibility index (Phi) is 5.43. The maximum atomic E-state index is 12.5. The molecule has 1 amide bonds. The summed E-state index contributed by atoms with van der Waals surface area (Å²) in [7, 11) is 0. The van der Waals surface area contributed by atoms with Gasteiger partial charge in [0.05, 0.1) is 5.92 Å². The van der Waals surface area contributed by atoms with Gasteiger partial charge in [-0.25, -0.2) is 0 Å². The van der Waals surface area contributed by atoms with Crippen molar-refractivity contribution in [2.24, 2.45) is 17.1 Å². The largest absolute Gasteiger partial charge is 0.351 e. The highest BCUT2D eigenvalue weighted by Crippen LogP contribution is 2.28. The summed E-state index contributed by atoms with van der Waals surface area (Å²) in [6.45, 7) is 10.8. The second-order valence-corrected chi connectivity index (χ2v) is 8.02. The van der Waals surface area contributed by atoms with Crippen molar-refractivity contribution in [2.45, 2.75) is 84.7 Å². The first-order chi connectivity index (χ1) is 8.61. The predicted molar refractivity (Wildman–Crippen MR) is 80.8 cm³/mol. The lowest BCUT2D eigenvalue weighted by Gasteiger charge is -2.35. The van der Waals surface area contributed by atoms with E-state index in [4.69, 9.17) is 5.73 Å². The number of nitrogens with two attached hydrogens (primary N) is 1. The second-order valence-electron chi connectivity index (χ2n) is 8.02. The molecular formula is C16H32N2O. The molecule has 19 heavy (non-hydrogen) atoms. The summed E-state index contributed by atoms with van der Waals surface area (Å²) in [5.74, 6) is 0.158. The third-order valence-corrected chi connectivity index (χ3v) is 3.84. The Morgan fingerprint density at radius 3 is 2.26 bits per heavy atom. The third-order valence-electron chi connectivity index (χ3n) is 3.84. The Labute approximate surface area is 118 Å². The minimum Gasteiger partial charge on any atom is -0.351 e. The van der Waals surface area contributed by atoms with Crippen LogP contribution in [0, 0.1) is 11.3 Å². The number of carbonyl (C=O) groups is 1. The molecule has 1 rings (SSSR count). The fourth-order valence-corrected chi connectivity index (χ4v) is 3.46. The van der Waals surface area contributed by atoms with Gasteiger partial charge in [0.2, 0.25) is 5.91 Å². The van der Waals surface area contributed by atoms with Crippen LogP contribution in [0.1, 0.15) is 73.1 Å². The highest BCUT2D eigenvalue weighted by molar-refractivity contribution is 5.80. The van der Waals surface area contributed by atoms with Gasteiger partial charge in [0.1, 0.15) is 0 Å². The molecule has 3 nitrogen and oxygen atoms in total. The van der Waals surface area contributed by atoms with Gasteiger partial charge in [-0.1, -0.05) is 40.0 Å². The van der Waals surface area contributed by atoms with Crippen LogP contribution in [-0.2, 0) is 4.79 Å². The SMILES string of the molecule is CC(C)(C)CC(C)(C)NC(=O)C1CCCCCC1N. The molecule has 0 aromatic heterocycles. The van der Waals surface area contributed by atoms with Crippen molar-refractivity contribution in [1.29, 1.82) is 0 Å². The van der Waals surface area contributed by atoms with Gasteiger partial charge >= 0.3 is 0 Å². The van der Waals surface area contributed by atoms with E-state index in [1.54, 1.807) is 0 Å². The zero-order valence-corrected chi connectivity index (χ0v) is 13.4. The Hall–Kier alpha value is -0.570. The van der Waals surface area contributed by atoms with Crippen molar-refractivity contribution in [1.82, 2.24) is 5.32 Å². The highest BCUT2D eigenvalue weighted by atomic mass is 16.2.